The van der Waals surface area contributed by atoms with E-state index < -0.39 is 14.8 Å². The maximum absolute atomic E-state index is 10.9. The first-order valence-electron chi connectivity index (χ1n) is 4.29. The van der Waals surface area contributed by atoms with Crippen LogP contribution in [0.5, 0.6) is 0 Å². The van der Waals surface area contributed by atoms with Gasteiger partial charge in [0.1, 0.15) is 9.84 Å². The molecule has 0 atom stereocenters. The Morgan fingerprint density at radius 2 is 2.07 bits per heavy atom. The number of aryl methyl sites for hydroxylation is 1. The Morgan fingerprint density at radius 3 is 2.60 bits per heavy atom. The van der Waals surface area contributed by atoms with E-state index in [1.54, 1.807) is 12.1 Å². The third-order valence-electron chi connectivity index (χ3n) is 1.88. The smallest absolute Gasteiger partial charge is 0.258 e. The zero-order valence-electron chi connectivity index (χ0n) is 8.21. The number of non-ortho nitro benzene ring substituents is 1. The van der Waals surface area contributed by atoms with E-state index in [0.717, 1.165) is 6.26 Å². The minimum atomic E-state index is -3.03. The lowest BCUT2D eigenvalue weighted by atomic mass is 10.1. The fraction of sp³-hybridized carbons (Fsp3) is 0.333. The van der Waals surface area contributed by atoms with E-state index in [0.29, 0.717) is 12.0 Å². The van der Waals surface area contributed by atoms with Crippen LogP contribution >= 0.6 is 0 Å². The minimum absolute atomic E-state index is 0.00810. The summed E-state index contributed by atoms with van der Waals surface area (Å²) in [5, 5.41) is 10.4. The Morgan fingerprint density at radius 1 is 1.40 bits per heavy atom. The van der Waals surface area contributed by atoms with Gasteiger partial charge < -0.3 is 0 Å². The highest BCUT2D eigenvalue weighted by atomic mass is 32.2. The molecule has 0 spiro atoms. The van der Waals surface area contributed by atoms with Crippen LogP contribution in [-0.2, 0) is 16.3 Å². The normalized spacial score (nSPS) is 11.3. The fourth-order valence-electron chi connectivity index (χ4n) is 1.13. The molecule has 82 valence electrons. The largest absolute Gasteiger partial charge is 0.269 e. The maximum atomic E-state index is 10.9. The number of rotatable bonds is 4. The predicted molar refractivity (Wildman–Crippen MR) is 56.5 cm³/mol. The molecule has 0 saturated heterocycles. The Kier molecular flexibility index (Phi) is 3.41. The van der Waals surface area contributed by atoms with E-state index in [1.165, 1.54) is 12.1 Å². The molecule has 0 fully saturated rings. The highest BCUT2D eigenvalue weighted by molar-refractivity contribution is 7.90. The van der Waals surface area contributed by atoms with Gasteiger partial charge in [-0.05, 0) is 12.0 Å². The monoisotopic (exact) mass is 229 g/mol. The molecule has 5 nitrogen and oxygen atoms in total. The van der Waals surface area contributed by atoms with Crippen LogP contribution in [-0.4, -0.2) is 25.3 Å². The van der Waals surface area contributed by atoms with Crippen LogP contribution in [0.2, 0.25) is 0 Å². The molecule has 0 saturated carbocycles. The van der Waals surface area contributed by atoms with Gasteiger partial charge in [-0.15, -0.1) is 0 Å². The molecule has 0 heterocycles. The predicted octanol–water partition coefficient (Wildman–Crippen LogP) is 1.18. The lowest BCUT2D eigenvalue weighted by Crippen LogP contribution is -2.05. The zero-order valence-corrected chi connectivity index (χ0v) is 9.03. The quantitative estimate of drug-likeness (QED) is 0.573. The third-order valence-corrected chi connectivity index (χ3v) is 2.83. The van der Waals surface area contributed by atoms with Gasteiger partial charge in [0.25, 0.3) is 5.69 Å². The van der Waals surface area contributed by atoms with Crippen molar-refractivity contribution in [3.8, 4) is 0 Å². The van der Waals surface area contributed by atoms with Crippen molar-refractivity contribution in [1.82, 2.24) is 0 Å². The number of hydrogen-bond acceptors (Lipinski definition) is 4. The van der Waals surface area contributed by atoms with Crippen LogP contribution < -0.4 is 0 Å². The lowest BCUT2D eigenvalue weighted by molar-refractivity contribution is -0.384. The van der Waals surface area contributed by atoms with Crippen LogP contribution in [0.1, 0.15) is 5.56 Å². The number of nitrogens with zero attached hydrogens (tertiary/aromatic N) is 1. The minimum Gasteiger partial charge on any atom is -0.258 e. The standard InChI is InChI=1S/C9H11NO4S/c1-15(13,14)6-5-8-3-2-4-9(7-8)10(11)12/h2-4,7H,5-6H2,1H3. The van der Waals surface area contributed by atoms with Crippen molar-refractivity contribution in [2.45, 2.75) is 6.42 Å². The number of nitro benzene ring substituents is 1. The van der Waals surface area contributed by atoms with Gasteiger partial charge in [0.2, 0.25) is 0 Å². The summed E-state index contributed by atoms with van der Waals surface area (Å²) < 4.78 is 21.8. The second-order valence-electron chi connectivity index (χ2n) is 3.31. The van der Waals surface area contributed by atoms with Gasteiger partial charge in [0.05, 0.1) is 10.7 Å². The van der Waals surface area contributed by atoms with Crippen molar-refractivity contribution < 1.29 is 13.3 Å². The molecule has 0 aliphatic carbocycles. The third kappa shape index (κ3) is 4.07. The van der Waals surface area contributed by atoms with Crippen molar-refractivity contribution in [1.29, 1.82) is 0 Å². The van der Waals surface area contributed by atoms with Gasteiger partial charge in [0, 0.05) is 18.4 Å². The first-order valence-corrected chi connectivity index (χ1v) is 6.35. The number of benzene rings is 1. The Balaban J connectivity index is 2.79. The average Bonchev–Trinajstić information content (AvgIpc) is 2.14. The number of nitro groups is 1. The SMILES string of the molecule is CS(=O)(=O)CCc1cccc([N+](=O)[O-])c1. The van der Waals surface area contributed by atoms with Gasteiger partial charge >= 0.3 is 0 Å². The topological polar surface area (TPSA) is 77.3 Å². The molecule has 0 aliphatic rings. The lowest BCUT2D eigenvalue weighted by Gasteiger charge is -1.99. The second kappa shape index (κ2) is 4.39. The molecule has 1 aromatic carbocycles. The van der Waals surface area contributed by atoms with Gasteiger partial charge in [-0.3, -0.25) is 10.1 Å². The first-order chi connectivity index (χ1) is 6.88. The number of hydrogen-bond donors (Lipinski definition) is 0. The molecule has 0 N–H and O–H groups in total. The molecule has 1 rings (SSSR count). The summed E-state index contributed by atoms with van der Waals surface area (Å²) >= 11 is 0. The molecule has 0 amide bonds. The van der Waals surface area contributed by atoms with Crippen molar-refractivity contribution in [2.24, 2.45) is 0 Å². The van der Waals surface area contributed by atoms with E-state index >= 15 is 0 Å². The van der Waals surface area contributed by atoms with Gasteiger partial charge in [-0.2, -0.15) is 0 Å². The molecule has 6 heteroatoms. The van der Waals surface area contributed by atoms with Crippen molar-refractivity contribution in [3.05, 3.63) is 39.9 Å². The average molecular weight is 229 g/mol. The van der Waals surface area contributed by atoms with Crippen LogP contribution in [0.25, 0.3) is 0 Å². The van der Waals surface area contributed by atoms with Crippen LogP contribution in [0.3, 0.4) is 0 Å². The molecule has 15 heavy (non-hydrogen) atoms. The summed E-state index contributed by atoms with van der Waals surface area (Å²) in [5.41, 5.74) is 0.649. The Labute approximate surface area is 87.8 Å². The molecule has 0 bridgehead atoms. The maximum Gasteiger partial charge on any atom is 0.269 e. The molecular formula is C9H11NO4S. The van der Waals surface area contributed by atoms with E-state index in [4.69, 9.17) is 0 Å². The summed E-state index contributed by atoms with van der Waals surface area (Å²) in [6.45, 7) is 0. The van der Waals surface area contributed by atoms with Gasteiger partial charge in [-0.25, -0.2) is 8.42 Å². The summed E-state index contributed by atoms with van der Waals surface area (Å²) in [5.74, 6) is 0.00810. The van der Waals surface area contributed by atoms with Crippen LogP contribution in [0, 0.1) is 10.1 Å². The van der Waals surface area contributed by atoms with E-state index in [1.807, 2.05) is 0 Å². The van der Waals surface area contributed by atoms with E-state index in [-0.39, 0.29) is 11.4 Å². The summed E-state index contributed by atoms with van der Waals surface area (Å²) in [6, 6.07) is 6.00. The van der Waals surface area contributed by atoms with Crippen LogP contribution in [0.15, 0.2) is 24.3 Å². The summed E-state index contributed by atoms with van der Waals surface area (Å²) in [6.07, 6.45) is 1.45. The van der Waals surface area contributed by atoms with Crippen LogP contribution in [0.4, 0.5) is 5.69 Å². The molecule has 1 aromatic rings. The molecule has 0 aliphatic heterocycles. The molecule has 0 aromatic heterocycles. The fourth-order valence-corrected chi connectivity index (χ4v) is 1.74. The van der Waals surface area contributed by atoms with Crippen molar-refractivity contribution in [2.75, 3.05) is 12.0 Å². The van der Waals surface area contributed by atoms with Gasteiger partial charge in [-0.1, -0.05) is 12.1 Å². The van der Waals surface area contributed by atoms with E-state index in [9.17, 15) is 18.5 Å². The molecular weight excluding hydrogens is 218 g/mol. The highest BCUT2D eigenvalue weighted by Crippen LogP contribution is 2.13. The first kappa shape index (κ1) is 11.6. The zero-order chi connectivity index (χ0) is 11.5. The molecule has 0 radical (unpaired) electrons. The summed E-state index contributed by atoms with van der Waals surface area (Å²) in [4.78, 5) is 9.95. The summed E-state index contributed by atoms with van der Waals surface area (Å²) in [7, 11) is -3.03. The number of sulfone groups is 1. The van der Waals surface area contributed by atoms with Crippen molar-refractivity contribution in [3.63, 3.8) is 0 Å². The molecule has 0 unspecified atom stereocenters. The van der Waals surface area contributed by atoms with Gasteiger partial charge in [0.15, 0.2) is 0 Å². The highest BCUT2D eigenvalue weighted by Gasteiger charge is 2.07. The Hall–Kier alpha value is -1.43. The van der Waals surface area contributed by atoms with Crippen molar-refractivity contribution >= 4 is 15.5 Å². The van der Waals surface area contributed by atoms with E-state index in [2.05, 4.69) is 0 Å². The second-order valence-corrected chi connectivity index (χ2v) is 5.57. The Bertz CT molecular complexity index is 467.